The number of amides is 2. The van der Waals surface area contributed by atoms with Crippen molar-refractivity contribution in [3.8, 4) is 5.75 Å². The number of primary amides is 1. The fourth-order valence-corrected chi connectivity index (χ4v) is 3.74. The van der Waals surface area contributed by atoms with Crippen LogP contribution in [0.1, 0.15) is 38.5 Å². The van der Waals surface area contributed by atoms with Crippen molar-refractivity contribution in [3.63, 3.8) is 0 Å². The van der Waals surface area contributed by atoms with Crippen molar-refractivity contribution in [2.45, 2.75) is 39.5 Å². The van der Waals surface area contributed by atoms with E-state index in [9.17, 15) is 9.59 Å². The molecule has 30 heavy (non-hydrogen) atoms. The van der Waals surface area contributed by atoms with Gasteiger partial charge < -0.3 is 19.9 Å². The highest BCUT2D eigenvalue weighted by Crippen LogP contribution is 2.26. The zero-order valence-corrected chi connectivity index (χ0v) is 16.9. The van der Waals surface area contributed by atoms with Crippen LogP contribution in [0, 0.1) is 13.8 Å². The smallest absolute Gasteiger partial charge is 0.254 e. The minimum Gasteiger partial charge on any atom is -0.489 e. The maximum Gasteiger partial charge on any atom is 0.254 e. The second-order valence-corrected chi connectivity index (χ2v) is 7.44. The number of carbonyl (C=O) groups is 2. The third-order valence-electron chi connectivity index (χ3n) is 5.48. The van der Waals surface area contributed by atoms with Crippen LogP contribution in [0.25, 0.3) is 0 Å². The molecule has 1 unspecified atom stereocenters. The molecule has 1 aliphatic rings. The molecular weight excluding hydrogens is 382 g/mol. The van der Waals surface area contributed by atoms with Crippen molar-refractivity contribution in [1.29, 1.82) is 0 Å². The third-order valence-corrected chi connectivity index (χ3v) is 5.48. The predicted molar refractivity (Wildman–Crippen MR) is 110 cm³/mol. The zero-order chi connectivity index (χ0) is 21.3. The van der Waals surface area contributed by atoms with Crippen LogP contribution < -0.4 is 10.5 Å². The second kappa shape index (κ2) is 8.02. The van der Waals surface area contributed by atoms with Gasteiger partial charge in [-0.25, -0.2) is 0 Å². The van der Waals surface area contributed by atoms with E-state index in [0.29, 0.717) is 36.6 Å². The average Bonchev–Trinajstić information content (AvgIpc) is 3.08. The fourth-order valence-electron chi connectivity index (χ4n) is 3.74. The Labute approximate surface area is 174 Å². The number of rotatable bonds is 5. The van der Waals surface area contributed by atoms with Gasteiger partial charge in [0.25, 0.3) is 5.91 Å². The van der Waals surface area contributed by atoms with Gasteiger partial charge in [0.1, 0.15) is 24.2 Å². The Kier molecular flexibility index (Phi) is 5.27. The molecule has 2 aromatic carbocycles. The third kappa shape index (κ3) is 3.78. The lowest BCUT2D eigenvalue weighted by atomic mass is 9.93. The molecule has 0 saturated heterocycles. The molecule has 7 nitrogen and oxygen atoms in total. The van der Waals surface area contributed by atoms with Crippen LogP contribution in [0.15, 0.2) is 53.1 Å². The number of nitrogens with zero attached hydrogens (tertiary/aromatic N) is 2. The SMILES string of the molecule is Cc1noc(C)c1COc1cccc(C(=O)N2Cc3ccccc3CC2C(N)=O)c1. The van der Waals surface area contributed by atoms with Gasteiger partial charge in [0.2, 0.25) is 5.91 Å². The Balaban J connectivity index is 1.55. The minimum atomic E-state index is -0.681. The fraction of sp³-hybridized carbons (Fsp3) is 0.261. The van der Waals surface area contributed by atoms with Crippen molar-refractivity contribution >= 4 is 11.8 Å². The first-order valence-electron chi connectivity index (χ1n) is 9.75. The van der Waals surface area contributed by atoms with E-state index in [2.05, 4.69) is 5.16 Å². The molecule has 4 rings (SSSR count). The maximum absolute atomic E-state index is 13.3. The van der Waals surface area contributed by atoms with Crippen LogP contribution in [0.2, 0.25) is 0 Å². The summed E-state index contributed by atoms with van der Waals surface area (Å²) in [5.41, 5.74) is 9.78. The number of fused-ring (bicyclic) bond motifs is 1. The number of benzene rings is 2. The van der Waals surface area contributed by atoms with Gasteiger partial charge in [-0.05, 0) is 43.2 Å². The lowest BCUT2D eigenvalue weighted by Gasteiger charge is -2.35. The summed E-state index contributed by atoms with van der Waals surface area (Å²) < 4.78 is 11.0. The van der Waals surface area contributed by atoms with Crippen molar-refractivity contribution in [2.24, 2.45) is 5.73 Å². The van der Waals surface area contributed by atoms with Crippen molar-refractivity contribution in [1.82, 2.24) is 10.1 Å². The molecule has 154 valence electrons. The summed E-state index contributed by atoms with van der Waals surface area (Å²) in [6.45, 7) is 4.32. The molecule has 0 aliphatic carbocycles. The molecule has 2 heterocycles. The Bertz CT molecular complexity index is 1090. The van der Waals surface area contributed by atoms with Crippen LogP contribution in [-0.4, -0.2) is 27.9 Å². The molecule has 0 bridgehead atoms. The molecule has 3 aromatic rings. The minimum absolute atomic E-state index is 0.254. The summed E-state index contributed by atoms with van der Waals surface area (Å²) in [4.78, 5) is 26.9. The number of hydrogen-bond acceptors (Lipinski definition) is 5. The first-order chi connectivity index (χ1) is 14.4. The molecule has 7 heteroatoms. The Morgan fingerprint density at radius 2 is 1.93 bits per heavy atom. The predicted octanol–water partition coefficient (Wildman–Crippen LogP) is 2.92. The normalized spacial score (nSPS) is 15.5. The summed E-state index contributed by atoms with van der Waals surface area (Å²) >= 11 is 0. The van der Waals surface area contributed by atoms with E-state index in [4.69, 9.17) is 15.0 Å². The van der Waals surface area contributed by atoms with Gasteiger partial charge in [0, 0.05) is 18.5 Å². The van der Waals surface area contributed by atoms with Crippen LogP contribution in [0.3, 0.4) is 0 Å². The van der Waals surface area contributed by atoms with E-state index in [1.807, 2.05) is 38.1 Å². The van der Waals surface area contributed by atoms with E-state index in [1.54, 1.807) is 24.3 Å². The lowest BCUT2D eigenvalue weighted by molar-refractivity contribution is -0.122. The molecule has 2 N–H and O–H groups in total. The highest BCUT2D eigenvalue weighted by atomic mass is 16.5. The first-order valence-corrected chi connectivity index (χ1v) is 9.75. The van der Waals surface area contributed by atoms with Crippen LogP contribution in [-0.2, 0) is 24.4 Å². The summed E-state index contributed by atoms with van der Waals surface area (Å²) in [7, 11) is 0. The molecule has 0 fully saturated rings. The summed E-state index contributed by atoms with van der Waals surface area (Å²) in [6.07, 6.45) is 0.416. The van der Waals surface area contributed by atoms with Crippen molar-refractivity contribution in [2.75, 3.05) is 0 Å². The molecule has 2 amide bonds. The number of hydrogen-bond donors (Lipinski definition) is 1. The molecule has 0 radical (unpaired) electrons. The first kappa shape index (κ1) is 19.7. The monoisotopic (exact) mass is 405 g/mol. The molecular formula is C23H23N3O4. The van der Waals surface area contributed by atoms with Gasteiger partial charge in [-0.1, -0.05) is 35.5 Å². The summed E-state index contributed by atoms with van der Waals surface area (Å²) in [6, 6.07) is 14.0. The van der Waals surface area contributed by atoms with Gasteiger partial charge in [-0.15, -0.1) is 0 Å². The standard InChI is InChI=1S/C23H23N3O4/c1-14-20(15(2)30-25-14)13-29-19-9-5-8-17(10-19)23(28)26-12-18-7-4-3-6-16(18)11-21(26)22(24)27/h3-10,21H,11-13H2,1-2H3,(H2,24,27). The van der Waals surface area contributed by atoms with E-state index >= 15 is 0 Å². The number of aryl methyl sites for hydroxylation is 2. The average molecular weight is 405 g/mol. The summed E-state index contributed by atoms with van der Waals surface area (Å²) in [5.74, 6) is 0.490. The van der Waals surface area contributed by atoms with Gasteiger partial charge in [-0.2, -0.15) is 0 Å². The van der Waals surface area contributed by atoms with E-state index in [0.717, 1.165) is 22.4 Å². The number of nitrogens with two attached hydrogens (primary N) is 1. The highest BCUT2D eigenvalue weighted by Gasteiger charge is 2.33. The van der Waals surface area contributed by atoms with Crippen molar-refractivity contribution in [3.05, 3.63) is 82.2 Å². The van der Waals surface area contributed by atoms with Gasteiger partial charge in [0.05, 0.1) is 11.3 Å². The maximum atomic E-state index is 13.3. The highest BCUT2D eigenvalue weighted by molar-refractivity contribution is 5.98. The zero-order valence-electron chi connectivity index (χ0n) is 16.9. The quantitative estimate of drug-likeness (QED) is 0.704. The van der Waals surface area contributed by atoms with Crippen LogP contribution in [0.4, 0.5) is 0 Å². The molecule has 1 atom stereocenters. The van der Waals surface area contributed by atoms with Gasteiger partial charge >= 0.3 is 0 Å². The molecule has 0 saturated carbocycles. The number of ether oxygens (including phenoxy) is 1. The van der Waals surface area contributed by atoms with Gasteiger partial charge in [-0.3, -0.25) is 9.59 Å². The van der Waals surface area contributed by atoms with E-state index in [-0.39, 0.29) is 5.91 Å². The number of aromatic nitrogens is 1. The van der Waals surface area contributed by atoms with Crippen LogP contribution in [0.5, 0.6) is 5.75 Å². The number of carbonyl (C=O) groups excluding carboxylic acids is 2. The Morgan fingerprint density at radius 3 is 2.63 bits per heavy atom. The van der Waals surface area contributed by atoms with E-state index < -0.39 is 11.9 Å². The topological polar surface area (TPSA) is 98.7 Å². The van der Waals surface area contributed by atoms with Gasteiger partial charge in [0.15, 0.2) is 0 Å². The van der Waals surface area contributed by atoms with Crippen molar-refractivity contribution < 1.29 is 18.8 Å². The largest absolute Gasteiger partial charge is 0.489 e. The van der Waals surface area contributed by atoms with E-state index in [1.165, 1.54) is 4.90 Å². The lowest BCUT2D eigenvalue weighted by Crippen LogP contribution is -2.51. The Morgan fingerprint density at radius 1 is 1.17 bits per heavy atom. The summed E-state index contributed by atoms with van der Waals surface area (Å²) in [5, 5.41) is 3.92. The molecule has 1 aliphatic heterocycles. The Hall–Kier alpha value is -3.61. The molecule has 1 aromatic heterocycles. The van der Waals surface area contributed by atoms with Crippen LogP contribution >= 0.6 is 0 Å². The molecule has 0 spiro atoms. The second-order valence-electron chi connectivity index (χ2n) is 7.44.